The summed E-state index contributed by atoms with van der Waals surface area (Å²) in [5.41, 5.74) is 1.31. The number of ketones is 1. The van der Waals surface area contributed by atoms with Crippen LogP contribution in [0, 0.1) is 0 Å². The van der Waals surface area contributed by atoms with Gasteiger partial charge in [-0.2, -0.15) is 0 Å². The Labute approximate surface area is 162 Å². The number of carbonyl (C=O) groups excluding carboxylic acids is 1. The lowest BCUT2D eigenvalue weighted by Gasteiger charge is -2.29. The molecular weight excluding hydrogens is 384 g/mol. The van der Waals surface area contributed by atoms with Crippen LogP contribution >= 0.6 is 11.3 Å². The molecule has 1 aromatic heterocycles. The average molecular weight is 405 g/mol. The molecule has 1 saturated heterocycles. The molecule has 6 nitrogen and oxygen atoms in total. The zero-order valence-corrected chi connectivity index (χ0v) is 16.3. The molecule has 3 heterocycles. The minimum Gasteiger partial charge on any atom is -0.387 e. The van der Waals surface area contributed by atoms with Crippen molar-refractivity contribution in [2.24, 2.45) is 0 Å². The molecule has 27 heavy (non-hydrogen) atoms. The number of anilines is 1. The van der Waals surface area contributed by atoms with Crippen LogP contribution in [0.4, 0.5) is 5.69 Å². The molecule has 0 saturated carbocycles. The monoisotopic (exact) mass is 404 g/mol. The number of sulfonamides is 1. The second-order valence-electron chi connectivity index (χ2n) is 6.51. The summed E-state index contributed by atoms with van der Waals surface area (Å²) in [6, 6.07) is 11.0. The number of rotatable bonds is 5. The van der Waals surface area contributed by atoms with E-state index in [1.165, 1.54) is 21.8 Å². The van der Waals surface area contributed by atoms with E-state index in [-0.39, 0.29) is 17.6 Å². The van der Waals surface area contributed by atoms with Crippen molar-refractivity contribution in [3.05, 3.63) is 63.3 Å². The number of Topliss-reactive ketones (excluding diaryl/α,β-unsaturated/α-hetero) is 1. The number of nitrogens with zero attached hydrogens (tertiary/aromatic N) is 1. The Bertz CT molecular complexity index is 961. The third-order valence-corrected chi connectivity index (χ3v) is 7.35. The Kier molecular flexibility index (Phi) is 5.03. The van der Waals surface area contributed by atoms with Gasteiger partial charge in [-0.05, 0) is 29.9 Å². The maximum absolute atomic E-state index is 13.2. The van der Waals surface area contributed by atoms with Gasteiger partial charge in [-0.3, -0.25) is 9.10 Å². The average Bonchev–Trinajstić information content (AvgIpc) is 3.34. The van der Waals surface area contributed by atoms with E-state index >= 15 is 0 Å². The third-order valence-electron chi connectivity index (χ3n) is 4.68. The van der Waals surface area contributed by atoms with Gasteiger partial charge in [-0.25, -0.2) is 8.42 Å². The van der Waals surface area contributed by atoms with Crippen LogP contribution in [0.5, 0.6) is 0 Å². The fourth-order valence-electron chi connectivity index (χ4n) is 3.29. The molecule has 0 radical (unpaired) electrons. The van der Waals surface area contributed by atoms with E-state index in [1.807, 2.05) is 30.3 Å². The number of ether oxygens (including phenoxy) is 1. The Morgan fingerprint density at radius 3 is 2.81 bits per heavy atom. The van der Waals surface area contributed by atoms with Gasteiger partial charge in [0.2, 0.25) is 5.78 Å². The Hall–Kier alpha value is -2.16. The lowest BCUT2D eigenvalue weighted by molar-refractivity contribution is 0.104. The normalized spacial score (nSPS) is 22.8. The van der Waals surface area contributed by atoms with Gasteiger partial charge in [0.1, 0.15) is 4.88 Å². The zero-order valence-electron chi connectivity index (χ0n) is 14.6. The second-order valence-corrected chi connectivity index (χ2v) is 9.26. The van der Waals surface area contributed by atoms with Crippen LogP contribution in [0.15, 0.2) is 52.9 Å². The van der Waals surface area contributed by atoms with Crippen molar-refractivity contribution < 1.29 is 17.9 Å². The summed E-state index contributed by atoms with van der Waals surface area (Å²) in [4.78, 5) is 13.0. The number of carbonyl (C=O) groups is 1. The second kappa shape index (κ2) is 7.46. The van der Waals surface area contributed by atoms with Crippen molar-refractivity contribution in [2.45, 2.75) is 25.5 Å². The molecule has 8 heteroatoms. The number of nitrogens with one attached hydrogen (secondary N) is 1. The maximum Gasteiger partial charge on any atom is 0.270 e. The van der Waals surface area contributed by atoms with E-state index in [0.717, 1.165) is 25.0 Å². The lowest BCUT2D eigenvalue weighted by atomic mass is 10.2. The van der Waals surface area contributed by atoms with Gasteiger partial charge in [0.15, 0.2) is 4.91 Å². The molecule has 142 valence electrons. The highest BCUT2D eigenvalue weighted by atomic mass is 32.2. The molecule has 0 aliphatic carbocycles. The third kappa shape index (κ3) is 3.52. The van der Waals surface area contributed by atoms with E-state index in [0.29, 0.717) is 17.1 Å². The first-order valence-corrected chi connectivity index (χ1v) is 11.1. The molecule has 2 aliphatic heterocycles. The fourth-order valence-corrected chi connectivity index (χ4v) is 5.80. The number of hydrogen-bond acceptors (Lipinski definition) is 6. The van der Waals surface area contributed by atoms with Crippen LogP contribution in [-0.2, 0) is 21.3 Å². The Balaban J connectivity index is 1.65. The maximum atomic E-state index is 13.2. The highest BCUT2D eigenvalue weighted by molar-refractivity contribution is 7.97. The van der Waals surface area contributed by atoms with E-state index in [1.54, 1.807) is 11.4 Å². The minimum atomic E-state index is -3.94. The van der Waals surface area contributed by atoms with Gasteiger partial charge in [0.05, 0.1) is 18.3 Å². The lowest BCUT2D eigenvalue weighted by Crippen LogP contribution is -2.39. The van der Waals surface area contributed by atoms with E-state index in [2.05, 4.69) is 5.32 Å². The Morgan fingerprint density at radius 2 is 2.07 bits per heavy atom. The number of fused-ring (bicyclic) bond motifs is 1. The van der Waals surface area contributed by atoms with Crippen LogP contribution in [0.1, 0.15) is 28.1 Å². The standard InChI is InChI=1S/C19H20N2O4S2/c22-18-17(12-20-11-15-7-4-9-25-15)27(23,24)21(16-8-10-26-19(16)18)13-14-5-2-1-3-6-14/h1-3,5-6,8,10,12,15,20H,4,7,9,11,13H2/b17-12-/t15-/m0/s1. The molecule has 0 bridgehead atoms. The number of hydrogen-bond donors (Lipinski definition) is 1. The van der Waals surface area contributed by atoms with E-state index in [9.17, 15) is 13.2 Å². The van der Waals surface area contributed by atoms with Crippen LogP contribution < -0.4 is 9.62 Å². The van der Waals surface area contributed by atoms with Crippen LogP contribution in [-0.4, -0.2) is 33.5 Å². The van der Waals surface area contributed by atoms with E-state index in [4.69, 9.17) is 4.74 Å². The first-order chi connectivity index (χ1) is 13.1. The van der Waals surface area contributed by atoms with Gasteiger partial charge in [0.25, 0.3) is 10.0 Å². The SMILES string of the molecule is O=C1/C(=C/NC[C@@H]2CCCO2)S(=O)(=O)N(Cc2ccccc2)c2ccsc21. The summed E-state index contributed by atoms with van der Waals surface area (Å²) < 4.78 is 33.2. The van der Waals surface area contributed by atoms with Gasteiger partial charge in [0, 0.05) is 19.4 Å². The van der Waals surface area contributed by atoms with E-state index < -0.39 is 15.8 Å². The summed E-state index contributed by atoms with van der Waals surface area (Å²) in [6.07, 6.45) is 3.33. The minimum absolute atomic E-state index is 0.0565. The largest absolute Gasteiger partial charge is 0.387 e. The molecule has 2 aliphatic rings. The van der Waals surface area contributed by atoms with Gasteiger partial charge >= 0.3 is 0 Å². The smallest absolute Gasteiger partial charge is 0.270 e. The molecule has 1 atom stereocenters. The molecule has 0 spiro atoms. The highest BCUT2D eigenvalue weighted by Gasteiger charge is 2.41. The molecule has 4 rings (SSSR count). The number of benzene rings is 1. The molecule has 0 amide bonds. The quantitative estimate of drug-likeness (QED) is 0.776. The molecule has 1 aromatic carbocycles. The summed E-state index contributed by atoms with van der Waals surface area (Å²) in [5, 5.41) is 4.73. The number of allylic oxidation sites excluding steroid dienone is 1. The van der Waals surface area contributed by atoms with Gasteiger partial charge in [-0.1, -0.05) is 30.3 Å². The van der Waals surface area contributed by atoms with Crippen molar-refractivity contribution in [1.29, 1.82) is 0 Å². The molecule has 1 N–H and O–H groups in total. The van der Waals surface area contributed by atoms with Crippen molar-refractivity contribution in [3.8, 4) is 0 Å². The highest BCUT2D eigenvalue weighted by Crippen LogP contribution is 2.39. The number of thiophene rings is 1. The fraction of sp³-hybridized carbons (Fsp3) is 0.316. The molecule has 1 fully saturated rings. The summed E-state index contributed by atoms with van der Waals surface area (Å²) in [6.45, 7) is 1.40. The zero-order chi connectivity index (χ0) is 18.9. The van der Waals surface area contributed by atoms with Gasteiger partial charge < -0.3 is 10.1 Å². The molecule has 0 unspecified atom stereocenters. The first kappa shape index (κ1) is 18.2. The summed E-state index contributed by atoms with van der Waals surface area (Å²) in [7, 11) is -3.94. The van der Waals surface area contributed by atoms with Gasteiger partial charge in [-0.15, -0.1) is 11.3 Å². The van der Waals surface area contributed by atoms with Crippen molar-refractivity contribution in [3.63, 3.8) is 0 Å². The van der Waals surface area contributed by atoms with Crippen LogP contribution in [0.25, 0.3) is 0 Å². The predicted octanol–water partition coefficient (Wildman–Crippen LogP) is 2.89. The predicted molar refractivity (Wildman–Crippen MR) is 105 cm³/mol. The summed E-state index contributed by atoms with van der Waals surface area (Å²) >= 11 is 1.26. The first-order valence-electron chi connectivity index (χ1n) is 8.81. The molecule has 2 aromatic rings. The van der Waals surface area contributed by atoms with Crippen LogP contribution in [0.2, 0.25) is 0 Å². The van der Waals surface area contributed by atoms with Crippen molar-refractivity contribution >= 4 is 32.8 Å². The Morgan fingerprint density at radius 1 is 1.26 bits per heavy atom. The van der Waals surface area contributed by atoms with Crippen molar-refractivity contribution in [1.82, 2.24) is 5.32 Å². The summed E-state index contributed by atoms with van der Waals surface area (Å²) in [5.74, 6) is -0.454. The molecular formula is C19H20N2O4S2. The van der Waals surface area contributed by atoms with Crippen LogP contribution in [0.3, 0.4) is 0 Å². The topological polar surface area (TPSA) is 75.7 Å². The van der Waals surface area contributed by atoms with Crippen molar-refractivity contribution in [2.75, 3.05) is 17.5 Å².